The van der Waals surface area contributed by atoms with Crippen molar-refractivity contribution in [3.8, 4) is 0 Å². The highest BCUT2D eigenvalue weighted by molar-refractivity contribution is 5.85. The first kappa shape index (κ1) is 13.2. The van der Waals surface area contributed by atoms with Gasteiger partial charge in [-0.15, -0.1) is 12.4 Å². The fourth-order valence-corrected chi connectivity index (χ4v) is 3.24. The molecule has 0 bridgehead atoms. The van der Waals surface area contributed by atoms with Crippen LogP contribution in [-0.2, 0) is 0 Å². The molecule has 80 valence electrons. The van der Waals surface area contributed by atoms with Crippen LogP contribution in [0.1, 0.15) is 47.0 Å². The zero-order valence-corrected chi connectivity index (χ0v) is 10.2. The lowest BCUT2D eigenvalue weighted by molar-refractivity contribution is 0.0712. The second-order valence-electron chi connectivity index (χ2n) is 6.02. The van der Waals surface area contributed by atoms with Crippen LogP contribution >= 0.6 is 12.4 Å². The van der Waals surface area contributed by atoms with Crippen LogP contribution < -0.4 is 5.73 Å². The highest BCUT2D eigenvalue weighted by Gasteiger charge is 2.37. The van der Waals surface area contributed by atoms with E-state index in [0.29, 0.717) is 10.8 Å². The lowest BCUT2D eigenvalue weighted by atomic mass is 9.61. The van der Waals surface area contributed by atoms with Crippen molar-refractivity contribution in [3.05, 3.63) is 0 Å². The monoisotopic (exact) mass is 205 g/mol. The summed E-state index contributed by atoms with van der Waals surface area (Å²) in [6.45, 7) is 10.4. The van der Waals surface area contributed by atoms with Gasteiger partial charge in [0, 0.05) is 0 Å². The number of rotatable bonds is 1. The smallest absolute Gasteiger partial charge is 0.00485 e. The third kappa shape index (κ3) is 3.86. The first-order valence-corrected chi connectivity index (χ1v) is 5.05. The van der Waals surface area contributed by atoms with Crippen LogP contribution in [0.3, 0.4) is 0 Å². The van der Waals surface area contributed by atoms with Crippen molar-refractivity contribution in [3.63, 3.8) is 0 Å². The molecular formula is C11H24ClN. The van der Waals surface area contributed by atoms with Gasteiger partial charge in [-0.25, -0.2) is 0 Å². The van der Waals surface area contributed by atoms with Crippen molar-refractivity contribution in [2.45, 2.75) is 47.0 Å². The first-order chi connectivity index (χ1) is 5.35. The molecule has 13 heavy (non-hydrogen) atoms. The molecule has 0 aromatic carbocycles. The average molecular weight is 206 g/mol. The minimum Gasteiger partial charge on any atom is -0.330 e. The molecule has 0 unspecified atom stereocenters. The van der Waals surface area contributed by atoms with Crippen LogP contribution in [0.2, 0.25) is 0 Å². The number of nitrogens with two attached hydrogens (primary N) is 1. The maximum absolute atomic E-state index is 5.75. The van der Waals surface area contributed by atoms with Crippen molar-refractivity contribution in [2.75, 3.05) is 6.54 Å². The normalized spacial score (nSPS) is 26.5. The molecule has 0 saturated heterocycles. The highest BCUT2D eigenvalue weighted by atomic mass is 35.5. The average Bonchev–Trinajstić information content (AvgIpc) is 1.80. The fraction of sp³-hybridized carbons (Fsp3) is 1.00. The summed E-state index contributed by atoms with van der Waals surface area (Å²) in [5.41, 5.74) is 6.76. The van der Waals surface area contributed by atoms with Crippen LogP contribution in [0.4, 0.5) is 0 Å². The molecular weight excluding hydrogens is 182 g/mol. The Kier molecular flexibility index (Phi) is 4.26. The molecule has 0 aromatic rings. The minimum absolute atomic E-state index is 0. The molecule has 1 aliphatic rings. The van der Waals surface area contributed by atoms with E-state index in [-0.39, 0.29) is 12.4 Å². The predicted octanol–water partition coefficient (Wildman–Crippen LogP) is 3.22. The Morgan fingerprint density at radius 3 is 1.77 bits per heavy atom. The van der Waals surface area contributed by atoms with E-state index in [4.69, 9.17) is 5.73 Å². The minimum atomic E-state index is 0. The van der Waals surface area contributed by atoms with Gasteiger partial charge in [-0.3, -0.25) is 0 Å². The van der Waals surface area contributed by atoms with Crippen LogP contribution in [0, 0.1) is 16.7 Å². The summed E-state index contributed by atoms with van der Waals surface area (Å²) in [7, 11) is 0. The van der Waals surface area contributed by atoms with Gasteiger partial charge in [0.2, 0.25) is 0 Å². The Labute approximate surface area is 88.9 Å². The lowest BCUT2D eigenvalue weighted by Crippen LogP contribution is -2.36. The molecule has 1 saturated carbocycles. The summed E-state index contributed by atoms with van der Waals surface area (Å²) in [5.74, 6) is 0.753. The Hall–Kier alpha value is 0.250. The Morgan fingerprint density at radius 2 is 1.46 bits per heavy atom. The Morgan fingerprint density at radius 1 is 1.08 bits per heavy atom. The lowest BCUT2D eigenvalue weighted by Gasteiger charge is -2.44. The van der Waals surface area contributed by atoms with Gasteiger partial charge in [-0.2, -0.15) is 0 Å². The van der Waals surface area contributed by atoms with Crippen molar-refractivity contribution >= 4 is 12.4 Å². The molecule has 0 heterocycles. The van der Waals surface area contributed by atoms with Crippen LogP contribution in [0.5, 0.6) is 0 Å². The molecule has 2 N–H and O–H groups in total. The zero-order chi connectivity index (χ0) is 9.41. The van der Waals surface area contributed by atoms with E-state index in [2.05, 4.69) is 27.7 Å². The van der Waals surface area contributed by atoms with Crippen LogP contribution in [0.25, 0.3) is 0 Å². The van der Waals surface area contributed by atoms with Crippen LogP contribution in [0.15, 0.2) is 0 Å². The molecule has 1 nitrogen and oxygen atoms in total. The van der Waals surface area contributed by atoms with Crippen molar-refractivity contribution in [2.24, 2.45) is 22.5 Å². The molecule has 0 spiro atoms. The van der Waals surface area contributed by atoms with Crippen molar-refractivity contribution in [1.82, 2.24) is 0 Å². The van der Waals surface area contributed by atoms with E-state index in [1.54, 1.807) is 0 Å². The summed E-state index contributed by atoms with van der Waals surface area (Å²) in [6.07, 6.45) is 3.97. The van der Waals surface area contributed by atoms with E-state index >= 15 is 0 Å². The van der Waals surface area contributed by atoms with Gasteiger partial charge in [0.15, 0.2) is 0 Å². The summed E-state index contributed by atoms with van der Waals surface area (Å²) < 4.78 is 0. The highest BCUT2D eigenvalue weighted by Crippen LogP contribution is 2.47. The van der Waals surface area contributed by atoms with E-state index < -0.39 is 0 Å². The van der Waals surface area contributed by atoms with Gasteiger partial charge in [-0.05, 0) is 42.6 Å². The van der Waals surface area contributed by atoms with E-state index in [1.165, 1.54) is 19.3 Å². The van der Waals surface area contributed by atoms with Gasteiger partial charge in [0.1, 0.15) is 0 Å². The quantitative estimate of drug-likeness (QED) is 0.699. The molecule has 1 aliphatic carbocycles. The van der Waals surface area contributed by atoms with Gasteiger partial charge in [0.25, 0.3) is 0 Å². The molecule has 0 amide bonds. The van der Waals surface area contributed by atoms with Gasteiger partial charge in [0.05, 0.1) is 0 Å². The molecule has 2 heteroatoms. The van der Waals surface area contributed by atoms with Gasteiger partial charge in [-0.1, -0.05) is 27.7 Å². The molecule has 0 aliphatic heterocycles. The SMILES string of the molecule is CC1(C)CC(CN)CC(C)(C)C1.Cl. The zero-order valence-electron chi connectivity index (χ0n) is 9.39. The first-order valence-electron chi connectivity index (χ1n) is 5.05. The van der Waals surface area contributed by atoms with Crippen LogP contribution in [-0.4, -0.2) is 6.54 Å². The van der Waals surface area contributed by atoms with Gasteiger partial charge < -0.3 is 5.73 Å². The molecule has 0 aromatic heterocycles. The maximum atomic E-state index is 5.75. The summed E-state index contributed by atoms with van der Waals surface area (Å²) >= 11 is 0. The summed E-state index contributed by atoms with van der Waals surface area (Å²) in [6, 6.07) is 0. The predicted molar refractivity (Wildman–Crippen MR) is 61.2 cm³/mol. The van der Waals surface area contributed by atoms with Gasteiger partial charge >= 0.3 is 0 Å². The van der Waals surface area contributed by atoms with E-state index in [9.17, 15) is 0 Å². The number of hydrogen-bond acceptors (Lipinski definition) is 1. The molecule has 0 radical (unpaired) electrons. The largest absolute Gasteiger partial charge is 0.330 e. The number of halogens is 1. The topological polar surface area (TPSA) is 26.0 Å². The Balaban J connectivity index is 0.00000144. The molecule has 1 rings (SSSR count). The third-order valence-electron chi connectivity index (χ3n) is 2.97. The number of hydrogen-bond donors (Lipinski definition) is 1. The van der Waals surface area contributed by atoms with Crippen molar-refractivity contribution < 1.29 is 0 Å². The van der Waals surface area contributed by atoms with Crippen molar-refractivity contribution in [1.29, 1.82) is 0 Å². The third-order valence-corrected chi connectivity index (χ3v) is 2.97. The maximum Gasteiger partial charge on any atom is -0.00485 e. The Bertz CT molecular complexity index is 147. The standard InChI is InChI=1S/C11H23N.ClH/c1-10(2)5-9(7-12)6-11(3,4)8-10;/h9H,5-8,12H2,1-4H3;1H. The molecule has 0 atom stereocenters. The fourth-order valence-electron chi connectivity index (χ4n) is 3.24. The summed E-state index contributed by atoms with van der Waals surface area (Å²) in [4.78, 5) is 0. The summed E-state index contributed by atoms with van der Waals surface area (Å²) in [5, 5.41) is 0. The molecule has 1 fully saturated rings. The van der Waals surface area contributed by atoms with E-state index in [1.807, 2.05) is 0 Å². The van der Waals surface area contributed by atoms with E-state index in [0.717, 1.165) is 12.5 Å². The second-order valence-corrected chi connectivity index (χ2v) is 6.02. The second kappa shape index (κ2) is 4.18.